The van der Waals surface area contributed by atoms with Gasteiger partial charge in [-0.3, -0.25) is 19.2 Å². The average molecular weight is 247 g/mol. The minimum atomic E-state index is -0.457. The number of hydrogen-bond donors (Lipinski definition) is 0. The summed E-state index contributed by atoms with van der Waals surface area (Å²) in [7, 11) is 3.05. The number of hydrogen-bond acceptors (Lipinski definition) is 5. The molecule has 0 rings (SSSR count). The zero-order chi connectivity index (χ0) is 13.8. The van der Waals surface area contributed by atoms with Crippen molar-refractivity contribution in [3.63, 3.8) is 0 Å². The van der Waals surface area contributed by atoms with E-state index in [9.17, 15) is 14.4 Å². The van der Waals surface area contributed by atoms with E-state index in [0.29, 0.717) is 6.42 Å². The van der Waals surface area contributed by atoms with Crippen molar-refractivity contribution >= 4 is 17.8 Å². The largest absolute Gasteiger partial charge is 0.393 e. The number of nitrogens with zero attached hydrogens (tertiary/aromatic N) is 1. The predicted octanol–water partition coefficient (Wildman–Crippen LogP) is 1.29. The fourth-order valence-electron chi connectivity index (χ4n) is 0.596. The van der Waals surface area contributed by atoms with Crippen molar-refractivity contribution in [3.05, 3.63) is 0 Å². The van der Waals surface area contributed by atoms with Crippen LogP contribution in [0.2, 0.25) is 0 Å². The molecule has 0 atom stereocenters. The van der Waals surface area contributed by atoms with E-state index in [4.69, 9.17) is 0 Å². The predicted molar refractivity (Wildman–Crippen MR) is 61.8 cm³/mol. The van der Waals surface area contributed by atoms with Crippen molar-refractivity contribution in [2.75, 3.05) is 14.2 Å². The van der Waals surface area contributed by atoms with E-state index >= 15 is 0 Å². The fourth-order valence-corrected chi connectivity index (χ4v) is 0.596. The standard InChI is InChI=1S/C6H10O3.C5H11NO2/c1-3-5(7)9-6(8)4-2;1-4-5(7)6(2)8-3/h3-4H2,1-2H3;4H2,1-3H3. The van der Waals surface area contributed by atoms with Crippen LogP contribution in [0.1, 0.15) is 40.0 Å². The summed E-state index contributed by atoms with van der Waals surface area (Å²) in [5, 5.41) is 1.21. The Morgan fingerprint density at radius 1 is 0.941 bits per heavy atom. The van der Waals surface area contributed by atoms with Crippen LogP contribution in [0.5, 0.6) is 0 Å². The van der Waals surface area contributed by atoms with Crippen LogP contribution in [0.15, 0.2) is 0 Å². The lowest BCUT2D eigenvalue weighted by molar-refractivity contribution is -0.168. The summed E-state index contributed by atoms with van der Waals surface area (Å²) in [6, 6.07) is 0. The highest BCUT2D eigenvalue weighted by Gasteiger charge is 2.03. The molecule has 0 aromatic rings. The minimum absolute atomic E-state index is 0.00694. The third kappa shape index (κ3) is 10.8. The molecule has 6 heteroatoms. The third-order valence-electron chi connectivity index (χ3n) is 1.73. The Bertz CT molecular complexity index is 238. The molecule has 0 spiro atoms. The molecule has 100 valence electrons. The summed E-state index contributed by atoms with van der Waals surface area (Å²) in [4.78, 5) is 35.8. The molecule has 0 unspecified atom stereocenters. The Hall–Kier alpha value is -1.43. The van der Waals surface area contributed by atoms with Gasteiger partial charge in [-0.15, -0.1) is 0 Å². The second-order valence-corrected chi connectivity index (χ2v) is 2.98. The molecular formula is C11H21NO5. The zero-order valence-electron chi connectivity index (χ0n) is 11.1. The first-order valence-electron chi connectivity index (χ1n) is 5.46. The lowest BCUT2D eigenvalue weighted by atomic mass is 10.5. The van der Waals surface area contributed by atoms with Gasteiger partial charge in [-0.05, 0) is 0 Å². The highest BCUT2D eigenvalue weighted by Crippen LogP contribution is 1.88. The van der Waals surface area contributed by atoms with Crippen LogP contribution in [-0.2, 0) is 24.0 Å². The fraction of sp³-hybridized carbons (Fsp3) is 0.727. The molecule has 0 aliphatic heterocycles. The number of hydroxylamine groups is 2. The number of rotatable bonds is 4. The lowest BCUT2D eigenvalue weighted by Gasteiger charge is -2.10. The summed E-state index contributed by atoms with van der Waals surface area (Å²) in [6.45, 7) is 5.08. The second kappa shape index (κ2) is 11.1. The monoisotopic (exact) mass is 247 g/mol. The topological polar surface area (TPSA) is 72.9 Å². The summed E-state index contributed by atoms with van der Waals surface area (Å²) < 4.78 is 4.27. The molecule has 0 aliphatic carbocycles. The van der Waals surface area contributed by atoms with E-state index in [-0.39, 0.29) is 18.7 Å². The van der Waals surface area contributed by atoms with E-state index in [1.54, 1.807) is 27.8 Å². The Morgan fingerprint density at radius 2 is 1.35 bits per heavy atom. The highest BCUT2D eigenvalue weighted by atomic mass is 16.7. The van der Waals surface area contributed by atoms with E-state index < -0.39 is 11.9 Å². The summed E-state index contributed by atoms with van der Waals surface area (Å²) in [5.41, 5.74) is 0. The summed E-state index contributed by atoms with van der Waals surface area (Å²) in [5.74, 6) is -0.920. The van der Waals surface area contributed by atoms with Crippen LogP contribution in [0, 0.1) is 0 Å². The molecule has 1 amide bonds. The van der Waals surface area contributed by atoms with Gasteiger partial charge in [0.15, 0.2) is 0 Å². The van der Waals surface area contributed by atoms with Crippen LogP contribution in [-0.4, -0.2) is 37.1 Å². The second-order valence-electron chi connectivity index (χ2n) is 2.98. The maximum atomic E-state index is 10.5. The molecule has 0 aliphatic rings. The van der Waals surface area contributed by atoms with Gasteiger partial charge in [0.05, 0.1) is 7.11 Å². The van der Waals surface area contributed by atoms with Gasteiger partial charge in [-0.1, -0.05) is 20.8 Å². The Kier molecular flexibility index (Phi) is 11.7. The maximum Gasteiger partial charge on any atom is 0.313 e. The van der Waals surface area contributed by atoms with Gasteiger partial charge in [-0.2, -0.15) is 0 Å². The first-order chi connectivity index (χ1) is 7.92. The van der Waals surface area contributed by atoms with Crippen molar-refractivity contribution in [2.45, 2.75) is 40.0 Å². The first-order valence-corrected chi connectivity index (χ1v) is 5.46. The maximum absolute atomic E-state index is 10.5. The van der Waals surface area contributed by atoms with Gasteiger partial charge in [0.1, 0.15) is 0 Å². The molecule has 6 nitrogen and oxygen atoms in total. The molecule has 0 heterocycles. The summed E-state index contributed by atoms with van der Waals surface area (Å²) >= 11 is 0. The first kappa shape index (κ1) is 17.9. The molecule has 0 radical (unpaired) electrons. The number of esters is 2. The van der Waals surface area contributed by atoms with Crippen molar-refractivity contribution in [1.82, 2.24) is 5.06 Å². The van der Waals surface area contributed by atoms with E-state index in [0.717, 1.165) is 0 Å². The Labute approximate surface area is 102 Å². The highest BCUT2D eigenvalue weighted by molar-refractivity contribution is 5.84. The van der Waals surface area contributed by atoms with Crippen LogP contribution in [0.4, 0.5) is 0 Å². The number of ether oxygens (including phenoxy) is 1. The SMILES string of the molecule is CCC(=O)N(C)OC.CCC(=O)OC(=O)CC. The van der Waals surface area contributed by atoms with Crippen molar-refractivity contribution in [3.8, 4) is 0 Å². The van der Waals surface area contributed by atoms with Crippen LogP contribution >= 0.6 is 0 Å². The summed E-state index contributed by atoms with van der Waals surface area (Å²) in [6.07, 6.45) is 1.00. The molecule has 0 fully saturated rings. The van der Waals surface area contributed by atoms with Crippen LogP contribution in [0.3, 0.4) is 0 Å². The number of carbonyl (C=O) groups is 3. The molecule has 0 aromatic heterocycles. The van der Waals surface area contributed by atoms with Gasteiger partial charge in [-0.25, -0.2) is 5.06 Å². The molecule has 0 N–H and O–H groups in total. The van der Waals surface area contributed by atoms with Gasteiger partial charge in [0.2, 0.25) is 5.91 Å². The van der Waals surface area contributed by atoms with Gasteiger partial charge in [0.25, 0.3) is 0 Å². The molecule has 0 bridgehead atoms. The molecule has 17 heavy (non-hydrogen) atoms. The zero-order valence-corrected chi connectivity index (χ0v) is 11.1. The third-order valence-corrected chi connectivity index (χ3v) is 1.73. The smallest absolute Gasteiger partial charge is 0.313 e. The molecule has 0 aromatic carbocycles. The molecule has 0 saturated carbocycles. The normalized spacial score (nSPS) is 8.76. The van der Waals surface area contributed by atoms with E-state index in [2.05, 4.69) is 9.57 Å². The molecule has 0 saturated heterocycles. The quantitative estimate of drug-likeness (QED) is 0.425. The van der Waals surface area contributed by atoms with Gasteiger partial charge in [0, 0.05) is 26.3 Å². The molecular weight excluding hydrogens is 226 g/mol. The van der Waals surface area contributed by atoms with Gasteiger partial charge >= 0.3 is 11.9 Å². The average Bonchev–Trinajstić information content (AvgIpc) is 2.36. The van der Waals surface area contributed by atoms with Crippen molar-refractivity contribution in [2.24, 2.45) is 0 Å². The number of carbonyl (C=O) groups excluding carboxylic acids is 3. The van der Waals surface area contributed by atoms with Crippen LogP contribution < -0.4 is 0 Å². The van der Waals surface area contributed by atoms with E-state index in [1.807, 2.05) is 0 Å². The Balaban J connectivity index is 0. The van der Waals surface area contributed by atoms with Crippen molar-refractivity contribution in [1.29, 1.82) is 0 Å². The lowest BCUT2D eigenvalue weighted by Crippen LogP contribution is -2.23. The van der Waals surface area contributed by atoms with E-state index in [1.165, 1.54) is 12.2 Å². The van der Waals surface area contributed by atoms with Crippen LogP contribution in [0.25, 0.3) is 0 Å². The van der Waals surface area contributed by atoms with Gasteiger partial charge < -0.3 is 4.74 Å². The minimum Gasteiger partial charge on any atom is -0.393 e. The Morgan fingerprint density at radius 3 is 1.53 bits per heavy atom. The number of amides is 1. The van der Waals surface area contributed by atoms with Crippen molar-refractivity contribution < 1.29 is 24.0 Å².